The lowest BCUT2D eigenvalue weighted by atomic mass is 10.1. The number of halogens is 2. The van der Waals surface area contributed by atoms with E-state index in [1.54, 1.807) is 36.4 Å². The molecular formula is C22H18Cl2O3. The fraction of sp³-hybridized carbons (Fsp3) is 0.136. The molecular weight excluding hydrogens is 383 g/mol. The van der Waals surface area contributed by atoms with Gasteiger partial charge in [-0.1, -0.05) is 71.7 Å². The van der Waals surface area contributed by atoms with Crippen LogP contribution in [0, 0.1) is 0 Å². The Kier molecular flexibility index (Phi) is 6.74. The molecule has 3 rings (SSSR count). The molecule has 3 aromatic rings. The molecule has 0 atom stereocenters. The maximum Gasteiger partial charge on any atom is 0.338 e. The van der Waals surface area contributed by atoms with Crippen LogP contribution in [0.15, 0.2) is 72.8 Å². The van der Waals surface area contributed by atoms with E-state index in [9.17, 15) is 4.79 Å². The lowest BCUT2D eigenvalue weighted by Crippen LogP contribution is -2.08. The number of rotatable bonds is 7. The van der Waals surface area contributed by atoms with Gasteiger partial charge < -0.3 is 9.47 Å². The van der Waals surface area contributed by atoms with Crippen LogP contribution in [0.3, 0.4) is 0 Å². The third-order valence-corrected chi connectivity index (χ3v) is 4.75. The second-order valence-electron chi connectivity index (χ2n) is 5.86. The normalized spacial score (nSPS) is 10.4. The summed E-state index contributed by atoms with van der Waals surface area (Å²) in [7, 11) is 0. The first-order valence-corrected chi connectivity index (χ1v) is 9.26. The molecule has 0 spiro atoms. The van der Waals surface area contributed by atoms with Crippen molar-refractivity contribution >= 4 is 29.2 Å². The number of hydrogen-bond donors (Lipinski definition) is 0. The van der Waals surface area contributed by atoms with Crippen LogP contribution in [0.25, 0.3) is 0 Å². The molecule has 27 heavy (non-hydrogen) atoms. The molecule has 0 radical (unpaired) electrons. The molecule has 0 aliphatic heterocycles. The number of esters is 1. The van der Waals surface area contributed by atoms with Crippen molar-refractivity contribution in [2.75, 3.05) is 6.61 Å². The zero-order valence-corrected chi connectivity index (χ0v) is 16.0. The number of ether oxygens (including phenoxy) is 2. The van der Waals surface area contributed by atoms with Crippen molar-refractivity contribution < 1.29 is 14.3 Å². The Labute approximate surface area is 168 Å². The van der Waals surface area contributed by atoms with Gasteiger partial charge >= 0.3 is 5.97 Å². The molecule has 0 N–H and O–H groups in total. The highest BCUT2D eigenvalue weighted by atomic mass is 35.5. The van der Waals surface area contributed by atoms with Crippen LogP contribution >= 0.6 is 23.2 Å². The SMILES string of the molecule is O=C(OCCc1c(Cl)ccc(OCc2ccccc2)c1Cl)c1ccccc1. The summed E-state index contributed by atoms with van der Waals surface area (Å²) < 4.78 is 11.1. The average molecular weight is 401 g/mol. The molecule has 0 unspecified atom stereocenters. The summed E-state index contributed by atoms with van der Waals surface area (Å²) in [6, 6.07) is 22.1. The Hall–Kier alpha value is -2.49. The van der Waals surface area contributed by atoms with Crippen LogP contribution in [-0.2, 0) is 17.8 Å². The summed E-state index contributed by atoms with van der Waals surface area (Å²) in [6.45, 7) is 0.583. The van der Waals surface area contributed by atoms with Gasteiger partial charge in [0.2, 0.25) is 0 Å². The monoisotopic (exact) mass is 400 g/mol. The van der Waals surface area contributed by atoms with Crippen LogP contribution in [0.2, 0.25) is 10.0 Å². The van der Waals surface area contributed by atoms with Crippen molar-refractivity contribution in [1.29, 1.82) is 0 Å². The Balaban J connectivity index is 1.62. The number of benzene rings is 3. The summed E-state index contributed by atoms with van der Waals surface area (Å²) in [4.78, 5) is 12.0. The van der Waals surface area contributed by atoms with Crippen LogP contribution in [0.1, 0.15) is 21.5 Å². The van der Waals surface area contributed by atoms with Gasteiger partial charge in [-0.05, 0) is 35.4 Å². The third kappa shape index (κ3) is 5.25. The maximum absolute atomic E-state index is 12.0. The highest BCUT2D eigenvalue weighted by Gasteiger charge is 2.13. The predicted molar refractivity (Wildman–Crippen MR) is 108 cm³/mol. The van der Waals surface area contributed by atoms with Gasteiger partial charge in [-0.3, -0.25) is 0 Å². The number of carbonyl (C=O) groups is 1. The first-order valence-electron chi connectivity index (χ1n) is 8.51. The van der Waals surface area contributed by atoms with Gasteiger partial charge in [-0.25, -0.2) is 4.79 Å². The Morgan fingerprint density at radius 2 is 1.52 bits per heavy atom. The molecule has 0 saturated heterocycles. The van der Waals surface area contributed by atoms with Crippen LogP contribution in [-0.4, -0.2) is 12.6 Å². The van der Waals surface area contributed by atoms with E-state index in [1.807, 2.05) is 36.4 Å². The Bertz CT molecular complexity index is 896. The van der Waals surface area contributed by atoms with E-state index in [4.69, 9.17) is 32.7 Å². The quantitative estimate of drug-likeness (QED) is 0.458. The van der Waals surface area contributed by atoms with E-state index in [0.717, 1.165) is 5.56 Å². The molecule has 0 aliphatic rings. The van der Waals surface area contributed by atoms with Gasteiger partial charge in [0.25, 0.3) is 0 Å². The second kappa shape index (κ2) is 9.45. The third-order valence-electron chi connectivity index (χ3n) is 3.98. The summed E-state index contributed by atoms with van der Waals surface area (Å²) in [5.74, 6) is 0.175. The Morgan fingerprint density at radius 3 is 2.22 bits per heavy atom. The zero-order valence-electron chi connectivity index (χ0n) is 14.5. The fourth-order valence-corrected chi connectivity index (χ4v) is 3.17. The topological polar surface area (TPSA) is 35.5 Å². The van der Waals surface area contributed by atoms with E-state index in [-0.39, 0.29) is 12.6 Å². The molecule has 0 aliphatic carbocycles. The van der Waals surface area contributed by atoms with Crippen LogP contribution < -0.4 is 4.74 Å². The van der Waals surface area contributed by atoms with Crippen molar-refractivity contribution in [3.05, 3.63) is 99.5 Å². The standard InChI is InChI=1S/C22H18Cl2O3/c23-19-11-12-20(27-15-16-7-3-1-4-8-16)21(24)18(19)13-14-26-22(25)17-9-5-2-6-10-17/h1-12H,13-15H2. The molecule has 5 heteroatoms. The largest absolute Gasteiger partial charge is 0.487 e. The lowest BCUT2D eigenvalue weighted by molar-refractivity contribution is 0.0509. The molecule has 0 aromatic heterocycles. The van der Waals surface area contributed by atoms with E-state index < -0.39 is 0 Å². The zero-order chi connectivity index (χ0) is 19.1. The van der Waals surface area contributed by atoms with Crippen LogP contribution in [0.4, 0.5) is 0 Å². The second-order valence-corrected chi connectivity index (χ2v) is 6.65. The molecule has 0 bridgehead atoms. The molecule has 0 amide bonds. The highest BCUT2D eigenvalue weighted by molar-refractivity contribution is 6.36. The van der Waals surface area contributed by atoms with Gasteiger partial charge in [0.1, 0.15) is 12.4 Å². The number of hydrogen-bond acceptors (Lipinski definition) is 3. The van der Waals surface area contributed by atoms with Gasteiger partial charge in [0, 0.05) is 11.4 Å². The van der Waals surface area contributed by atoms with E-state index in [2.05, 4.69) is 0 Å². The summed E-state index contributed by atoms with van der Waals surface area (Å²) in [5, 5.41) is 0.956. The predicted octanol–water partition coefficient (Wildman–Crippen LogP) is 5.97. The smallest absolute Gasteiger partial charge is 0.338 e. The van der Waals surface area contributed by atoms with Crippen molar-refractivity contribution in [3.63, 3.8) is 0 Å². The molecule has 138 valence electrons. The summed E-state index contributed by atoms with van der Waals surface area (Å²) in [6.07, 6.45) is 0.402. The van der Waals surface area contributed by atoms with Crippen molar-refractivity contribution in [3.8, 4) is 5.75 Å². The van der Waals surface area contributed by atoms with Gasteiger partial charge in [0.05, 0.1) is 17.2 Å². The highest BCUT2D eigenvalue weighted by Crippen LogP contribution is 2.34. The van der Waals surface area contributed by atoms with Gasteiger partial charge in [-0.15, -0.1) is 0 Å². The minimum Gasteiger partial charge on any atom is -0.487 e. The summed E-state index contributed by atoms with van der Waals surface area (Å²) in [5.41, 5.74) is 2.25. The van der Waals surface area contributed by atoms with Crippen molar-refractivity contribution in [1.82, 2.24) is 0 Å². The first kappa shape index (κ1) is 19.3. The van der Waals surface area contributed by atoms with Crippen LogP contribution in [0.5, 0.6) is 5.75 Å². The number of carbonyl (C=O) groups excluding carboxylic acids is 1. The van der Waals surface area contributed by atoms with E-state index in [0.29, 0.717) is 39.9 Å². The minimum atomic E-state index is -0.376. The lowest BCUT2D eigenvalue weighted by Gasteiger charge is -2.13. The first-order chi connectivity index (χ1) is 13.1. The Morgan fingerprint density at radius 1 is 0.852 bits per heavy atom. The fourth-order valence-electron chi connectivity index (χ4n) is 2.56. The average Bonchev–Trinajstić information content (AvgIpc) is 2.71. The molecule has 0 saturated carbocycles. The molecule has 3 nitrogen and oxygen atoms in total. The van der Waals surface area contributed by atoms with Gasteiger partial charge in [-0.2, -0.15) is 0 Å². The van der Waals surface area contributed by atoms with E-state index in [1.165, 1.54) is 0 Å². The molecule has 0 fully saturated rings. The van der Waals surface area contributed by atoms with E-state index >= 15 is 0 Å². The van der Waals surface area contributed by atoms with Crippen molar-refractivity contribution in [2.24, 2.45) is 0 Å². The molecule has 3 aromatic carbocycles. The van der Waals surface area contributed by atoms with Crippen molar-refractivity contribution in [2.45, 2.75) is 13.0 Å². The molecule has 0 heterocycles. The maximum atomic E-state index is 12.0. The minimum absolute atomic E-state index is 0.176. The summed E-state index contributed by atoms with van der Waals surface area (Å²) >= 11 is 12.7. The van der Waals surface area contributed by atoms with Gasteiger partial charge in [0.15, 0.2) is 0 Å².